The molecular formula is Cl2CrILi. The molecule has 0 unspecified atom stereocenters. The first-order chi connectivity index (χ1) is 0. The summed E-state index contributed by atoms with van der Waals surface area (Å²) in [5.74, 6) is 0. The predicted molar refractivity (Wildman–Crippen MR) is 0 cm³/mol. The third kappa shape index (κ3) is 21.3. The zero-order valence-electron chi connectivity index (χ0n) is 2.54. The maximum absolute atomic E-state index is 0. The van der Waals surface area contributed by atoms with Crippen LogP contribution in [0.1, 0.15) is 0 Å². The van der Waals surface area contributed by atoms with E-state index >= 15 is 0 Å². The second-order valence-electron chi connectivity index (χ2n) is 0. The van der Waals surface area contributed by atoms with Crippen LogP contribution in [-0.2, 0) is 17.4 Å². The molecule has 0 spiro atoms. The van der Waals surface area contributed by atoms with Gasteiger partial charge in [0, 0.05) is 0 Å². The Morgan fingerprint density at radius 3 is 0.800 bits per heavy atom. The van der Waals surface area contributed by atoms with Crippen molar-refractivity contribution >= 4 is 0 Å². The van der Waals surface area contributed by atoms with Crippen molar-refractivity contribution in [3.8, 4) is 0 Å². The molecule has 0 saturated heterocycles. The van der Waals surface area contributed by atoms with Crippen LogP contribution in [0.3, 0.4) is 0 Å². The molecule has 0 saturated carbocycles. The summed E-state index contributed by atoms with van der Waals surface area (Å²) >= 11 is 0. The van der Waals surface area contributed by atoms with Gasteiger partial charge in [0.25, 0.3) is 0 Å². The van der Waals surface area contributed by atoms with Gasteiger partial charge in [-0.15, -0.1) is 0 Å². The van der Waals surface area contributed by atoms with Gasteiger partial charge in [0.1, 0.15) is 0 Å². The minimum atomic E-state index is 0. The van der Waals surface area contributed by atoms with Gasteiger partial charge in [0.2, 0.25) is 0 Å². The van der Waals surface area contributed by atoms with E-state index in [-0.39, 0.29) is 85.0 Å². The molecule has 0 rings (SSSR count). The van der Waals surface area contributed by atoms with E-state index in [1.165, 1.54) is 0 Å². The molecule has 0 aliphatic carbocycles. The van der Waals surface area contributed by atoms with Crippen LogP contribution in [0.5, 0.6) is 0 Å². The third-order valence-corrected chi connectivity index (χ3v) is 0. The van der Waals surface area contributed by atoms with Crippen molar-refractivity contribution in [2.24, 2.45) is 0 Å². The van der Waals surface area contributed by atoms with Crippen LogP contribution in [0.15, 0.2) is 0 Å². The topological polar surface area (TPSA) is 0 Å². The SMILES string of the molecule is [Cl-].[Cl-].[Cr+2].[I-].[Li+]. The smallest absolute Gasteiger partial charge is 1.00 e. The van der Waals surface area contributed by atoms with E-state index in [2.05, 4.69) is 0 Å². The van der Waals surface area contributed by atoms with Gasteiger partial charge in [-0.25, -0.2) is 0 Å². The summed E-state index contributed by atoms with van der Waals surface area (Å²) in [5.41, 5.74) is 0. The third-order valence-electron chi connectivity index (χ3n) is 0. The van der Waals surface area contributed by atoms with E-state index in [9.17, 15) is 0 Å². The van der Waals surface area contributed by atoms with Crippen LogP contribution in [0, 0.1) is 0 Å². The standard InChI is InChI=1S/2ClH.Cr.HI.Li/h2*1H;;1H;/q;;+2;;+1/p-3. The first kappa shape index (κ1) is 51.8. The predicted octanol–water partition coefficient (Wildman–Crippen LogP) is -12.0. The van der Waals surface area contributed by atoms with Crippen LogP contribution >= 0.6 is 0 Å². The molecule has 0 aliphatic heterocycles. The van der Waals surface area contributed by atoms with E-state index in [0.29, 0.717) is 0 Å². The van der Waals surface area contributed by atoms with E-state index in [4.69, 9.17) is 0 Å². The van der Waals surface area contributed by atoms with Gasteiger partial charge in [-0.2, -0.15) is 0 Å². The molecular weight excluding hydrogens is 257 g/mol. The molecule has 0 nitrogen and oxygen atoms in total. The quantitative estimate of drug-likeness (QED) is 0.298. The molecule has 0 fully saturated rings. The summed E-state index contributed by atoms with van der Waals surface area (Å²) < 4.78 is 0. The molecule has 0 amide bonds. The van der Waals surface area contributed by atoms with Crippen LogP contribution in [0.2, 0.25) is 0 Å². The van der Waals surface area contributed by atoms with E-state index < -0.39 is 0 Å². The van der Waals surface area contributed by atoms with Crippen molar-refractivity contribution in [2.45, 2.75) is 0 Å². The van der Waals surface area contributed by atoms with Crippen molar-refractivity contribution in [2.75, 3.05) is 0 Å². The molecule has 0 atom stereocenters. The number of halogens is 3. The minimum Gasteiger partial charge on any atom is -1.00 e. The molecule has 0 radical (unpaired) electrons. The monoisotopic (exact) mass is 256 g/mol. The fourth-order valence-corrected chi connectivity index (χ4v) is 0. The second kappa shape index (κ2) is 32.0. The van der Waals surface area contributed by atoms with Gasteiger partial charge in [-0.1, -0.05) is 0 Å². The number of hydrogen-bond acceptors (Lipinski definition) is 0. The Morgan fingerprint density at radius 1 is 0.800 bits per heavy atom. The maximum Gasteiger partial charge on any atom is 2.00 e. The van der Waals surface area contributed by atoms with Gasteiger partial charge in [-0.3, -0.25) is 0 Å². The summed E-state index contributed by atoms with van der Waals surface area (Å²) in [6, 6.07) is 0. The van der Waals surface area contributed by atoms with Gasteiger partial charge in [-0.05, 0) is 0 Å². The van der Waals surface area contributed by atoms with Crippen molar-refractivity contribution in [1.82, 2.24) is 0 Å². The van der Waals surface area contributed by atoms with Gasteiger partial charge >= 0.3 is 36.2 Å². The molecule has 5 heteroatoms. The molecule has 0 aliphatic rings. The second-order valence-corrected chi connectivity index (χ2v) is 0. The molecule has 28 valence electrons. The number of hydrogen-bond donors (Lipinski definition) is 0. The summed E-state index contributed by atoms with van der Waals surface area (Å²) in [4.78, 5) is 0. The Morgan fingerprint density at radius 2 is 0.800 bits per heavy atom. The summed E-state index contributed by atoms with van der Waals surface area (Å²) in [6.07, 6.45) is 0. The first-order valence-corrected chi connectivity index (χ1v) is 0. The van der Waals surface area contributed by atoms with Gasteiger partial charge in [0.15, 0.2) is 0 Å². The molecule has 0 N–H and O–H groups in total. The zero-order valence-corrected chi connectivity index (χ0v) is 7.49. The van der Waals surface area contributed by atoms with E-state index in [1.54, 1.807) is 0 Å². The Labute approximate surface area is 84.0 Å². The van der Waals surface area contributed by atoms with Crippen LogP contribution < -0.4 is 67.7 Å². The van der Waals surface area contributed by atoms with Crippen molar-refractivity contribution in [3.63, 3.8) is 0 Å². The molecule has 0 aromatic rings. The van der Waals surface area contributed by atoms with Crippen LogP contribution in [-0.4, -0.2) is 0 Å². The average Bonchev–Trinajstić information content (AvgIpc) is 0. The first-order valence-electron chi connectivity index (χ1n) is 0. The minimum absolute atomic E-state index is 0. The fourth-order valence-electron chi connectivity index (χ4n) is 0. The zero-order chi connectivity index (χ0) is 0. The normalized spacial score (nSPS) is 0. The van der Waals surface area contributed by atoms with Crippen LogP contribution in [0.25, 0.3) is 0 Å². The van der Waals surface area contributed by atoms with Crippen molar-refractivity contribution in [1.29, 1.82) is 0 Å². The summed E-state index contributed by atoms with van der Waals surface area (Å²) in [6.45, 7) is 0. The largest absolute Gasteiger partial charge is 2.00 e. The summed E-state index contributed by atoms with van der Waals surface area (Å²) in [7, 11) is 0. The number of rotatable bonds is 0. The fraction of sp³-hybridized carbons (Fsp3) is 0. The van der Waals surface area contributed by atoms with E-state index in [0.717, 1.165) is 0 Å². The van der Waals surface area contributed by atoms with Gasteiger partial charge < -0.3 is 48.8 Å². The molecule has 0 bridgehead atoms. The van der Waals surface area contributed by atoms with E-state index in [1.807, 2.05) is 0 Å². The average molecular weight is 257 g/mol. The molecule has 0 heterocycles. The molecule has 5 heavy (non-hydrogen) atoms. The van der Waals surface area contributed by atoms with Crippen molar-refractivity contribution < 1.29 is 85.0 Å². The van der Waals surface area contributed by atoms with Crippen molar-refractivity contribution in [3.05, 3.63) is 0 Å². The molecule has 0 aromatic heterocycles. The Bertz CT molecular complexity index is 9.61. The Kier molecular flexibility index (Phi) is 332. The van der Waals surface area contributed by atoms with Crippen LogP contribution in [0.4, 0.5) is 0 Å². The Balaban J connectivity index is 0. The Hall–Kier alpha value is 2.44. The van der Waals surface area contributed by atoms with Gasteiger partial charge in [0.05, 0.1) is 0 Å². The summed E-state index contributed by atoms with van der Waals surface area (Å²) in [5, 5.41) is 0. The maximum atomic E-state index is 0. The molecule has 0 aromatic carbocycles.